The molecule has 0 spiro atoms. The minimum absolute atomic E-state index is 0.184. The first kappa shape index (κ1) is 33.2. The van der Waals surface area contributed by atoms with E-state index in [9.17, 15) is 24.0 Å². The number of Topliss-reactive ketones (excluding diaryl/α,β-unsaturated/α-hetero) is 3. The molecule has 0 aromatic heterocycles. The van der Waals surface area contributed by atoms with E-state index in [2.05, 4.69) is 6.92 Å². The van der Waals surface area contributed by atoms with Gasteiger partial charge in [0.25, 0.3) is 5.78 Å². The van der Waals surface area contributed by atoms with Crippen LogP contribution < -0.4 is 0 Å². The molecule has 228 valence electrons. The Balaban J connectivity index is 1.61. The number of unbranched alkanes of at least 4 members (excludes halogenated alkanes) is 3. The van der Waals surface area contributed by atoms with Gasteiger partial charge >= 0.3 is 11.9 Å². The van der Waals surface area contributed by atoms with Crippen LogP contribution in [0.2, 0.25) is 0 Å². The zero-order valence-electron chi connectivity index (χ0n) is 25.5. The molecule has 0 N–H and O–H groups in total. The van der Waals surface area contributed by atoms with Crippen molar-refractivity contribution in [2.45, 2.75) is 98.2 Å². The molecule has 1 aromatic rings. The molecule has 0 saturated heterocycles. The van der Waals surface area contributed by atoms with E-state index in [1.807, 2.05) is 75.4 Å². The Kier molecular flexibility index (Phi) is 12.4. The van der Waals surface area contributed by atoms with Crippen LogP contribution in [0.5, 0.6) is 0 Å². The molecule has 2 aliphatic carbocycles. The maximum absolute atomic E-state index is 12.8. The van der Waals surface area contributed by atoms with Gasteiger partial charge in [0, 0.05) is 18.3 Å². The molecule has 0 aliphatic heterocycles. The third-order valence-electron chi connectivity index (χ3n) is 8.19. The highest BCUT2D eigenvalue weighted by Crippen LogP contribution is 2.48. The normalized spacial score (nSPS) is 23.1. The Morgan fingerprint density at radius 3 is 2.38 bits per heavy atom. The number of carbonyl (C=O) groups excluding carboxylic acids is 5. The highest BCUT2D eigenvalue weighted by molar-refractivity contribution is 6.65. The molecule has 0 heterocycles. The van der Waals surface area contributed by atoms with E-state index >= 15 is 0 Å². The van der Waals surface area contributed by atoms with E-state index in [0.29, 0.717) is 38.5 Å². The first-order chi connectivity index (χ1) is 20.0. The Bertz CT molecular complexity index is 1160. The second-order valence-corrected chi connectivity index (χ2v) is 12.6. The molecule has 2 aliphatic rings. The van der Waals surface area contributed by atoms with Crippen molar-refractivity contribution in [2.24, 2.45) is 29.1 Å². The fourth-order valence-corrected chi connectivity index (χ4v) is 5.71. The maximum atomic E-state index is 12.8. The smallest absolute Gasteiger partial charge is 0.311 e. The lowest BCUT2D eigenvalue weighted by molar-refractivity contribution is -0.156. The predicted molar refractivity (Wildman–Crippen MR) is 160 cm³/mol. The summed E-state index contributed by atoms with van der Waals surface area (Å²) in [4.78, 5) is 62.6. The number of rotatable bonds is 15. The van der Waals surface area contributed by atoms with Crippen molar-refractivity contribution in [2.75, 3.05) is 0 Å². The second-order valence-electron chi connectivity index (χ2n) is 12.6. The van der Waals surface area contributed by atoms with Crippen LogP contribution in [0, 0.1) is 29.1 Å². The van der Waals surface area contributed by atoms with Gasteiger partial charge in [-0.25, -0.2) is 0 Å². The number of hydrogen-bond acceptors (Lipinski definition) is 7. The molecule has 42 heavy (non-hydrogen) atoms. The molecule has 2 saturated carbocycles. The summed E-state index contributed by atoms with van der Waals surface area (Å²) in [6.07, 6.45) is 13.5. The molecule has 3 unspecified atom stereocenters. The van der Waals surface area contributed by atoms with Gasteiger partial charge in [0.05, 0.1) is 5.41 Å². The molecule has 7 nitrogen and oxygen atoms in total. The highest BCUT2D eigenvalue weighted by Gasteiger charge is 2.55. The standard InChI is InChI=1S/C35H46O7/c1-5-6-10-17-25(42-34(40)35(2,3)4)20-21-27-26(28-22-29(27)32(38)33(39)31(28)37)18-13-7-8-14-19-30(36)41-23-24-15-11-9-12-16-24/h7,9,11-13,15-16,20-21,25-29H,5-6,8,10,14,17-19,22-23H2,1-4H3/t25?,26?,27?,28-,29-/m1/s1. The number of esters is 2. The number of fused-ring (bicyclic) bond motifs is 2. The van der Waals surface area contributed by atoms with Gasteiger partial charge in [0.15, 0.2) is 0 Å². The van der Waals surface area contributed by atoms with Crippen molar-refractivity contribution in [3.63, 3.8) is 0 Å². The van der Waals surface area contributed by atoms with Crippen molar-refractivity contribution in [3.05, 3.63) is 60.2 Å². The van der Waals surface area contributed by atoms with Crippen LogP contribution >= 0.6 is 0 Å². The van der Waals surface area contributed by atoms with Gasteiger partial charge in [-0.3, -0.25) is 24.0 Å². The molecule has 3 rings (SSSR count). The topological polar surface area (TPSA) is 104 Å². The van der Waals surface area contributed by atoms with E-state index in [-0.39, 0.29) is 30.4 Å². The third-order valence-corrected chi connectivity index (χ3v) is 8.19. The van der Waals surface area contributed by atoms with E-state index in [1.165, 1.54) is 0 Å². The molecular weight excluding hydrogens is 532 g/mol. The number of benzene rings is 1. The summed E-state index contributed by atoms with van der Waals surface area (Å²) in [6.45, 7) is 7.81. The van der Waals surface area contributed by atoms with Gasteiger partial charge in [-0.15, -0.1) is 0 Å². The van der Waals surface area contributed by atoms with Crippen LogP contribution in [0.15, 0.2) is 54.6 Å². The average Bonchev–Trinajstić information content (AvgIpc) is 3.30. The first-order valence-electron chi connectivity index (χ1n) is 15.4. The summed E-state index contributed by atoms with van der Waals surface area (Å²) in [7, 11) is 0. The van der Waals surface area contributed by atoms with Crippen LogP contribution in [-0.4, -0.2) is 35.4 Å². The summed E-state index contributed by atoms with van der Waals surface area (Å²) < 4.78 is 11.2. The molecule has 2 bridgehead atoms. The Morgan fingerprint density at radius 2 is 1.69 bits per heavy atom. The van der Waals surface area contributed by atoms with Gasteiger partial charge in [-0.2, -0.15) is 0 Å². The van der Waals surface area contributed by atoms with Crippen molar-refractivity contribution >= 4 is 29.3 Å². The Hall–Kier alpha value is -3.35. The molecular formula is C35H46O7. The molecule has 2 fully saturated rings. The fourth-order valence-electron chi connectivity index (χ4n) is 5.71. The lowest BCUT2D eigenvalue weighted by atomic mass is 9.83. The minimum atomic E-state index is -0.881. The lowest BCUT2D eigenvalue weighted by Crippen LogP contribution is -2.38. The number of ketones is 3. The second kappa shape index (κ2) is 15.8. The number of hydrogen-bond donors (Lipinski definition) is 0. The quantitative estimate of drug-likeness (QED) is 0.101. The summed E-state index contributed by atoms with van der Waals surface area (Å²) in [5, 5.41) is 0. The minimum Gasteiger partial charge on any atom is -0.461 e. The van der Waals surface area contributed by atoms with Gasteiger partial charge in [0.1, 0.15) is 12.7 Å². The van der Waals surface area contributed by atoms with Crippen molar-refractivity contribution in [1.82, 2.24) is 0 Å². The van der Waals surface area contributed by atoms with E-state index in [0.717, 1.165) is 24.8 Å². The molecule has 0 radical (unpaired) electrons. The zero-order valence-corrected chi connectivity index (χ0v) is 25.5. The molecule has 0 amide bonds. The van der Waals surface area contributed by atoms with Crippen LogP contribution in [0.1, 0.15) is 91.0 Å². The van der Waals surface area contributed by atoms with Crippen LogP contribution in [0.3, 0.4) is 0 Å². The summed E-state index contributed by atoms with van der Waals surface area (Å²) in [5.41, 5.74) is 0.309. The fraction of sp³-hybridized carbons (Fsp3) is 0.571. The maximum Gasteiger partial charge on any atom is 0.311 e. The van der Waals surface area contributed by atoms with Crippen LogP contribution in [0.25, 0.3) is 0 Å². The largest absolute Gasteiger partial charge is 0.461 e. The highest BCUT2D eigenvalue weighted by atomic mass is 16.5. The van der Waals surface area contributed by atoms with Crippen LogP contribution in [-0.2, 0) is 40.1 Å². The van der Waals surface area contributed by atoms with Gasteiger partial charge < -0.3 is 9.47 Å². The monoisotopic (exact) mass is 578 g/mol. The SMILES string of the molecule is CCCCCC(C=CC1C(CC=CCCCC(=O)OCc2ccccc2)[C@H]2C[C@H]1C(=O)C(=O)C2=O)OC(=O)C(C)(C)C. The molecule has 7 heteroatoms. The van der Waals surface area contributed by atoms with Crippen LogP contribution in [0.4, 0.5) is 0 Å². The number of carbonyl (C=O) groups is 5. The Morgan fingerprint density at radius 1 is 0.976 bits per heavy atom. The van der Waals surface area contributed by atoms with E-state index in [4.69, 9.17) is 9.47 Å². The lowest BCUT2D eigenvalue weighted by Gasteiger charge is -2.23. The van der Waals surface area contributed by atoms with E-state index < -0.39 is 40.7 Å². The molecule has 1 aromatic carbocycles. The van der Waals surface area contributed by atoms with Crippen molar-refractivity contribution < 1.29 is 33.4 Å². The van der Waals surface area contributed by atoms with E-state index in [1.54, 1.807) is 0 Å². The van der Waals surface area contributed by atoms with Gasteiger partial charge in [-0.1, -0.05) is 68.3 Å². The summed E-state index contributed by atoms with van der Waals surface area (Å²) in [6, 6.07) is 9.54. The van der Waals surface area contributed by atoms with Crippen molar-refractivity contribution in [3.8, 4) is 0 Å². The average molecular weight is 579 g/mol. The summed E-state index contributed by atoms with van der Waals surface area (Å²) in [5.74, 6) is -4.06. The predicted octanol–water partition coefficient (Wildman–Crippen LogP) is 6.53. The summed E-state index contributed by atoms with van der Waals surface area (Å²) >= 11 is 0. The zero-order chi connectivity index (χ0) is 30.7. The first-order valence-corrected chi connectivity index (χ1v) is 15.4. The van der Waals surface area contributed by atoms with Gasteiger partial charge in [0.2, 0.25) is 11.6 Å². The number of allylic oxidation sites excluding steroid dienone is 3. The third kappa shape index (κ3) is 9.33. The Labute approximate surface area is 250 Å². The molecule has 5 atom stereocenters. The number of ether oxygens (including phenoxy) is 2. The van der Waals surface area contributed by atoms with Crippen molar-refractivity contribution in [1.29, 1.82) is 0 Å². The van der Waals surface area contributed by atoms with Gasteiger partial charge in [-0.05, 0) is 82.8 Å².